The zero-order valence-corrected chi connectivity index (χ0v) is 17.6. The third-order valence-electron chi connectivity index (χ3n) is 6.10. The van der Waals surface area contributed by atoms with Gasteiger partial charge in [0, 0.05) is 26.7 Å². The summed E-state index contributed by atoms with van der Waals surface area (Å²) in [5, 5.41) is 0. The fourth-order valence-corrected chi connectivity index (χ4v) is 4.35. The normalized spacial score (nSPS) is 21.7. The highest BCUT2D eigenvalue weighted by Crippen LogP contribution is 2.35. The molecule has 11 nitrogen and oxygen atoms in total. The standard InChI is InChI=1S/C19H27N7O4/c1-12-13(2)26-15-16(22(3)19(29)25(17(15)28)11-14(20)27)21-18(26)24(12)6-4-5-23-7-9-30-10-8-23/h15H,4-11H2,1-3H3,(H-,20,27)/p+1. The van der Waals surface area contributed by atoms with Gasteiger partial charge in [-0.25, -0.2) is 13.9 Å². The molecule has 0 spiro atoms. The first kappa shape index (κ1) is 20.5. The molecule has 1 aromatic rings. The summed E-state index contributed by atoms with van der Waals surface area (Å²) in [6.45, 7) is 8.65. The molecule has 0 aromatic carbocycles. The molecule has 1 atom stereocenters. The summed E-state index contributed by atoms with van der Waals surface area (Å²) in [6, 6.07) is -1.35. The molecule has 0 saturated carbocycles. The number of primary amides is 1. The molecule has 11 heteroatoms. The molecule has 0 radical (unpaired) electrons. The van der Waals surface area contributed by atoms with Gasteiger partial charge < -0.3 is 10.5 Å². The minimum atomic E-state index is -0.763. The molecule has 30 heavy (non-hydrogen) atoms. The summed E-state index contributed by atoms with van der Waals surface area (Å²) in [6.07, 6.45) is 0.938. The van der Waals surface area contributed by atoms with Crippen LogP contribution in [0.3, 0.4) is 0 Å². The van der Waals surface area contributed by atoms with E-state index in [1.165, 1.54) is 4.90 Å². The molecule has 4 rings (SSSR count). The van der Waals surface area contributed by atoms with E-state index in [4.69, 9.17) is 10.5 Å². The third kappa shape index (κ3) is 3.27. The van der Waals surface area contributed by atoms with Crippen molar-refractivity contribution < 1.29 is 23.7 Å². The molecule has 4 heterocycles. The molecule has 4 amide bonds. The Hall–Kier alpha value is -2.79. The number of amidine groups is 1. The lowest BCUT2D eigenvalue weighted by Crippen LogP contribution is -2.59. The number of hydrogen-bond acceptors (Lipinski definition) is 6. The van der Waals surface area contributed by atoms with E-state index < -0.39 is 30.4 Å². The number of nitrogens with zero attached hydrogens (tertiary/aromatic N) is 6. The van der Waals surface area contributed by atoms with E-state index in [0.717, 1.165) is 62.1 Å². The number of likely N-dealkylation sites (N-methyl/N-ethyl adjacent to an activating group) is 1. The van der Waals surface area contributed by atoms with E-state index in [9.17, 15) is 14.4 Å². The maximum Gasteiger partial charge on any atom is 0.402 e. The number of ether oxygens (including phenoxy) is 1. The van der Waals surface area contributed by atoms with Gasteiger partial charge in [-0.15, -0.1) is 0 Å². The number of aromatic nitrogens is 2. The van der Waals surface area contributed by atoms with Gasteiger partial charge in [0.1, 0.15) is 17.9 Å². The van der Waals surface area contributed by atoms with Crippen molar-refractivity contribution in [1.82, 2.24) is 19.3 Å². The minimum Gasteiger partial charge on any atom is -0.379 e. The van der Waals surface area contributed by atoms with Crippen molar-refractivity contribution in [2.75, 3.05) is 46.4 Å². The first-order chi connectivity index (χ1) is 14.3. The predicted octanol–water partition coefficient (Wildman–Crippen LogP) is -0.921. The molecule has 2 saturated heterocycles. The van der Waals surface area contributed by atoms with Gasteiger partial charge in [0.25, 0.3) is 5.91 Å². The van der Waals surface area contributed by atoms with Crippen molar-refractivity contribution in [3.05, 3.63) is 11.4 Å². The van der Waals surface area contributed by atoms with Gasteiger partial charge in [-0.05, 0) is 20.3 Å². The third-order valence-corrected chi connectivity index (χ3v) is 6.10. The second kappa shape index (κ2) is 7.80. The fourth-order valence-electron chi connectivity index (χ4n) is 4.35. The van der Waals surface area contributed by atoms with Crippen LogP contribution < -0.4 is 10.3 Å². The minimum absolute atomic E-state index is 0.380. The average molecular weight is 418 g/mol. The van der Waals surface area contributed by atoms with Gasteiger partial charge >= 0.3 is 12.0 Å². The van der Waals surface area contributed by atoms with Gasteiger partial charge in [0.05, 0.1) is 19.8 Å². The van der Waals surface area contributed by atoms with Crippen LogP contribution in [0.5, 0.6) is 0 Å². The smallest absolute Gasteiger partial charge is 0.379 e. The summed E-state index contributed by atoms with van der Waals surface area (Å²) in [5.41, 5.74) is 7.19. The highest BCUT2D eigenvalue weighted by molar-refractivity contribution is 6.21. The first-order valence-corrected chi connectivity index (χ1v) is 10.2. The van der Waals surface area contributed by atoms with Crippen LogP contribution in [0.25, 0.3) is 0 Å². The Morgan fingerprint density at radius 2 is 1.97 bits per heavy atom. The SMILES string of the molecule is Cc1c(C)[n+](CCCN2CCOCC2)c2n1C1C(=O)N(CC(N)=O)C(=O)N(C)C1=N2. The van der Waals surface area contributed by atoms with Crippen LogP contribution in [0.2, 0.25) is 0 Å². The number of amides is 4. The number of morpholine rings is 1. The second-order valence-electron chi connectivity index (χ2n) is 7.90. The number of fused-ring (bicyclic) bond motifs is 3. The number of imidazole rings is 1. The maximum absolute atomic E-state index is 13.1. The number of carbonyl (C=O) groups is 3. The number of hydrogen-bond donors (Lipinski definition) is 1. The zero-order valence-electron chi connectivity index (χ0n) is 17.6. The maximum atomic E-state index is 13.1. The van der Waals surface area contributed by atoms with Gasteiger partial charge in [0.2, 0.25) is 17.8 Å². The Labute approximate surface area is 174 Å². The summed E-state index contributed by atoms with van der Waals surface area (Å²) in [4.78, 5) is 46.3. The number of aliphatic imine (C=N–C) groups is 1. The van der Waals surface area contributed by atoms with Crippen LogP contribution in [0.15, 0.2) is 4.99 Å². The van der Waals surface area contributed by atoms with Crippen LogP contribution in [0.1, 0.15) is 23.9 Å². The topological polar surface area (TPSA) is 117 Å². The molecule has 1 unspecified atom stereocenters. The number of urea groups is 1. The van der Waals surface area contributed by atoms with Crippen molar-refractivity contribution in [2.45, 2.75) is 32.9 Å². The number of nitrogens with two attached hydrogens (primary N) is 1. The summed E-state index contributed by atoms with van der Waals surface area (Å²) >= 11 is 0. The lowest BCUT2D eigenvalue weighted by atomic mass is 10.1. The fraction of sp³-hybridized carbons (Fsp3) is 0.632. The van der Waals surface area contributed by atoms with Crippen LogP contribution in [-0.4, -0.2) is 89.4 Å². The largest absolute Gasteiger partial charge is 0.402 e. The highest BCUT2D eigenvalue weighted by atomic mass is 16.5. The van der Waals surface area contributed by atoms with Crippen LogP contribution in [-0.2, 0) is 20.9 Å². The second-order valence-corrected chi connectivity index (χ2v) is 7.90. The van der Waals surface area contributed by atoms with Crippen LogP contribution in [0.4, 0.5) is 10.7 Å². The van der Waals surface area contributed by atoms with Gasteiger partial charge in [-0.2, -0.15) is 0 Å². The molecule has 2 fully saturated rings. The van der Waals surface area contributed by atoms with Gasteiger partial charge in [-0.3, -0.25) is 24.3 Å². The summed E-state index contributed by atoms with van der Waals surface area (Å²) < 4.78 is 9.36. The Morgan fingerprint density at radius 1 is 1.27 bits per heavy atom. The molecule has 162 valence electrons. The van der Waals surface area contributed by atoms with E-state index in [1.807, 2.05) is 18.4 Å². The van der Waals surface area contributed by atoms with E-state index in [-0.39, 0.29) is 0 Å². The van der Waals surface area contributed by atoms with E-state index in [0.29, 0.717) is 11.8 Å². The van der Waals surface area contributed by atoms with Crippen molar-refractivity contribution in [2.24, 2.45) is 10.7 Å². The number of imide groups is 1. The van der Waals surface area contributed by atoms with Crippen molar-refractivity contribution in [3.63, 3.8) is 0 Å². The van der Waals surface area contributed by atoms with E-state index in [1.54, 1.807) is 7.05 Å². The molecule has 2 N–H and O–H groups in total. The summed E-state index contributed by atoms with van der Waals surface area (Å²) in [7, 11) is 1.56. The van der Waals surface area contributed by atoms with Crippen molar-refractivity contribution in [1.29, 1.82) is 0 Å². The quantitative estimate of drug-likeness (QED) is 0.600. The van der Waals surface area contributed by atoms with Gasteiger partial charge in [-0.1, -0.05) is 4.99 Å². The Kier molecular flexibility index (Phi) is 5.33. The average Bonchev–Trinajstić information content (AvgIpc) is 3.22. The molecular weight excluding hydrogens is 390 g/mol. The molecule has 3 aliphatic rings. The lowest BCUT2D eigenvalue weighted by molar-refractivity contribution is -0.689. The van der Waals surface area contributed by atoms with E-state index >= 15 is 0 Å². The zero-order chi connectivity index (χ0) is 21.6. The molecular formula is C19H28N7O4+. The number of rotatable bonds is 6. The van der Waals surface area contributed by atoms with Crippen molar-refractivity contribution in [3.8, 4) is 0 Å². The molecule has 0 bridgehead atoms. The van der Waals surface area contributed by atoms with Crippen LogP contribution in [0, 0.1) is 13.8 Å². The molecule has 0 aliphatic carbocycles. The lowest BCUT2D eigenvalue weighted by Gasteiger charge is -2.32. The van der Waals surface area contributed by atoms with E-state index in [2.05, 4.69) is 14.5 Å². The van der Waals surface area contributed by atoms with Gasteiger partial charge in [0.15, 0.2) is 0 Å². The first-order valence-electron chi connectivity index (χ1n) is 10.2. The van der Waals surface area contributed by atoms with Crippen LogP contribution >= 0.6 is 0 Å². The van der Waals surface area contributed by atoms with Crippen molar-refractivity contribution >= 4 is 29.6 Å². The molecule has 3 aliphatic heterocycles. The molecule has 1 aromatic heterocycles. The predicted molar refractivity (Wildman–Crippen MR) is 106 cm³/mol. The Balaban J connectivity index is 1.60. The Bertz CT molecular complexity index is 932. The highest BCUT2D eigenvalue weighted by Gasteiger charge is 2.54. The number of carbonyl (C=O) groups excluding carboxylic acids is 3. The Morgan fingerprint density at radius 3 is 2.63 bits per heavy atom. The monoisotopic (exact) mass is 418 g/mol. The summed E-state index contributed by atoms with van der Waals surface area (Å²) in [5.74, 6) is -0.179.